The number of aliphatic imine (C=N–C) groups is 1. The molecule has 0 radical (unpaired) electrons. The molecular formula is C21H22F3N7S. The zero-order chi connectivity index (χ0) is 22.6. The fourth-order valence-electron chi connectivity index (χ4n) is 3.27. The molecule has 0 bridgehead atoms. The fourth-order valence-corrected chi connectivity index (χ4v) is 4.08. The highest BCUT2D eigenvalue weighted by molar-refractivity contribution is 7.17. The quantitative estimate of drug-likeness (QED) is 0.326. The largest absolute Gasteiger partial charge is 0.393 e. The summed E-state index contributed by atoms with van der Waals surface area (Å²) in [5, 5.41) is 11.0. The van der Waals surface area contributed by atoms with Gasteiger partial charge in [-0.15, -0.1) is 11.3 Å². The summed E-state index contributed by atoms with van der Waals surface area (Å²) in [4.78, 5) is 12.7. The Balaban J connectivity index is 1.28. The van der Waals surface area contributed by atoms with Gasteiger partial charge in [0.2, 0.25) is 0 Å². The van der Waals surface area contributed by atoms with Gasteiger partial charge in [-0.25, -0.2) is 9.97 Å². The number of benzene rings is 1. The van der Waals surface area contributed by atoms with Crippen molar-refractivity contribution in [2.45, 2.75) is 19.0 Å². The second-order valence-electron chi connectivity index (χ2n) is 7.30. The number of hydrogen-bond acceptors (Lipinski definition) is 6. The van der Waals surface area contributed by atoms with E-state index in [-0.39, 0.29) is 18.9 Å². The van der Waals surface area contributed by atoms with Gasteiger partial charge in [0.1, 0.15) is 18.0 Å². The number of alkyl halides is 3. The highest BCUT2D eigenvalue weighted by Crippen LogP contribution is 2.31. The Kier molecular flexibility index (Phi) is 6.45. The Hall–Kier alpha value is -3.34. The normalized spacial score (nSPS) is 17.0. The Morgan fingerprint density at radius 3 is 2.75 bits per heavy atom. The predicted molar refractivity (Wildman–Crippen MR) is 122 cm³/mol. The maximum atomic E-state index is 12.7. The molecule has 0 aliphatic carbocycles. The molecule has 1 unspecified atom stereocenters. The van der Waals surface area contributed by atoms with E-state index in [1.54, 1.807) is 17.7 Å². The molecule has 0 amide bonds. The number of allylic oxidation sites excluding steroid dienone is 1. The van der Waals surface area contributed by atoms with Gasteiger partial charge in [-0.2, -0.15) is 18.2 Å². The number of nitrogens with one attached hydrogen (secondary N) is 3. The van der Waals surface area contributed by atoms with Crippen LogP contribution in [0.15, 0.2) is 58.9 Å². The lowest BCUT2D eigenvalue weighted by molar-refractivity contribution is -0.172. The highest BCUT2D eigenvalue weighted by atomic mass is 32.1. The number of fused-ring (bicyclic) bond motifs is 1. The van der Waals surface area contributed by atoms with Crippen LogP contribution in [0, 0.1) is 5.92 Å². The first kappa shape index (κ1) is 21.9. The van der Waals surface area contributed by atoms with Crippen molar-refractivity contribution in [1.82, 2.24) is 15.3 Å². The molecular weight excluding hydrogens is 439 g/mol. The number of thiophene rings is 1. The standard InChI is InChI=1S/C21H22F3N7S/c22-21(23,24)14-3-6-17(27-11-14)31-20(25)30-15-4-1-13(2-5-15)7-9-26-19-18-16(8-10-32-18)28-12-29-19/h1-2,4-6,8,10,12,14,27H,3,7,9,11H2,(H3,25,30,31)(H,26,28,29). The molecule has 1 aliphatic rings. The molecule has 0 saturated heterocycles. The van der Waals surface area contributed by atoms with E-state index >= 15 is 0 Å². The molecule has 1 aromatic carbocycles. The van der Waals surface area contributed by atoms with E-state index in [1.807, 2.05) is 35.7 Å². The van der Waals surface area contributed by atoms with Crippen molar-refractivity contribution in [3.8, 4) is 0 Å². The highest BCUT2D eigenvalue weighted by Gasteiger charge is 2.39. The van der Waals surface area contributed by atoms with E-state index in [2.05, 4.69) is 30.9 Å². The van der Waals surface area contributed by atoms with E-state index in [0.717, 1.165) is 40.3 Å². The average Bonchev–Trinajstić information content (AvgIpc) is 3.24. The van der Waals surface area contributed by atoms with Crippen LogP contribution in [-0.4, -0.2) is 35.2 Å². The molecule has 0 fully saturated rings. The van der Waals surface area contributed by atoms with Crippen molar-refractivity contribution < 1.29 is 13.2 Å². The number of halogens is 3. The van der Waals surface area contributed by atoms with Crippen molar-refractivity contribution in [3.63, 3.8) is 0 Å². The van der Waals surface area contributed by atoms with Crippen molar-refractivity contribution in [3.05, 3.63) is 59.5 Å². The first-order chi connectivity index (χ1) is 15.4. The van der Waals surface area contributed by atoms with Crippen molar-refractivity contribution in [2.75, 3.05) is 23.7 Å². The summed E-state index contributed by atoms with van der Waals surface area (Å²) >= 11 is 1.60. The van der Waals surface area contributed by atoms with E-state index in [4.69, 9.17) is 5.73 Å². The van der Waals surface area contributed by atoms with E-state index < -0.39 is 12.1 Å². The van der Waals surface area contributed by atoms with Crippen LogP contribution < -0.4 is 21.7 Å². The molecule has 32 heavy (non-hydrogen) atoms. The average molecular weight is 462 g/mol. The van der Waals surface area contributed by atoms with E-state index in [0.29, 0.717) is 5.82 Å². The minimum atomic E-state index is -4.22. The van der Waals surface area contributed by atoms with Gasteiger partial charge < -0.3 is 21.7 Å². The number of hydrogen-bond donors (Lipinski definition) is 4. The van der Waals surface area contributed by atoms with Crippen LogP contribution in [0.25, 0.3) is 10.2 Å². The summed E-state index contributed by atoms with van der Waals surface area (Å²) in [6, 6.07) is 9.67. The van der Waals surface area contributed by atoms with Crippen LogP contribution in [0.1, 0.15) is 12.0 Å². The minimum absolute atomic E-state index is 0.104. The summed E-state index contributed by atoms with van der Waals surface area (Å²) in [5.74, 6) is -0.127. The number of nitrogens with two attached hydrogens (primary N) is 1. The van der Waals surface area contributed by atoms with E-state index in [9.17, 15) is 13.2 Å². The SMILES string of the molecule is N/C(=N\C1=CCC(C(F)(F)F)CN1)Nc1ccc(CCNc2ncnc3ccsc23)cc1. The van der Waals surface area contributed by atoms with Gasteiger partial charge in [0.25, 0.3) is 0 Å². The maximum absolute atomic E-state index is 12.7. The van der Waals surface area contributed by atoms with Gasteiger partial charge in [-0.1, -0.05) is 12.1 Å². The summed E-state index contributed by atoms with van der Waals surface area (Å²) in [6.07, 6.45) is -0.563. The lowest BCUT2D eigenvalue weighted by Gasteiger charge is -2.24. The number of aromatic nitrogens is 2. The predicted octanol–water partition coefficient (Wildman–Crippen LogP) is 4.09. The molecule has 3 aromatic rings. The van der Waals surface area contributed by atoms with E-state index in [1.165, 1.54) is 6.08 Å². The van der Waals surface area contributed by atoms with Crippen LogP contribution in [0.4, 0.5) is 24.7 Å². The number of nitrogens with zero attached hydrogens (tertiary/aromatic N) is 3. The molecule has 1 atom stereocenters. The lowest BCUT2D eigenvalue weighted by atomic mass is 10.0. The van der Waals surface area contributed by atoms with Gasteiger partial charge >= 0.3 is 6.18 Å². The third-order valence-corrected chi connectivity index (χ3v) is 5.92. The number of guanidine groups is 1. The first-order valence-electron chi connectivity index (χ1n) is 10.0. The van der Waals surface area contributed by atoms with Crippen LogP contribution in [-0.2, 0) is 6.42 Å². The Morgan fingerprint density at radius 1 is 1.22 bits per heavy atom. The third-order valence-electron chi connectivity index (χ3n) is 5.00. The van der Waals surface area contributed by atoms with Gasteiger partial charge in [-0.05, 0) is 48.1 Å². The van der Waals surface area contributed by atoms with Crippen LogP contribution in [0.2, 0.25) is 0 Å². The molecule has 0 saturated carbocycles. The van der Waals surface area contributed by atoms with Gasteiger partial charge in [0, 0.05) is 18.8 Å². The third kappa shape index (κ3) is 5.47. The maximum Gasteiger partial charge on any atom is 0.393 e. The minimum Gasteiger partial charge on any atom is -0.370 e. The summed E-state index contributed by atoms with van der Waals surface area (Å²) in [7, 11) is 0. The molecule has 11 heteroatoms. The second-order valence-corrected chi connectivity index (χ2v) is 8.21. The fraction of sp³-hybridized carbons (Fsp3) is 0.286. The number of rotatable bonds is 6. The second kappa shape index (κ2) is 9.43. The molecule has 4 rings (SSSR count). The Morgan fingerprint density at radius 2 is 2.03 bits per heavy atom. The smallest absolute Gasteiger partial charge is 0.370 e. The van der Waals surface area contributed by atoms with Crippen LogP contribution >= 0.6 is 11.3 Å². The zero-order valence-electron chi connectivity index (χ0n) is 17.0. The lowest BCUT2D eigenvalue weighted by Crippen LogP contribution is -2.36. The number of anilines is 2. The molecule has 1 aliphatic heterocycles. The monoisotopic (exact) mass is 461 g/mol. The molecule has 5 N–H and O–H groups in total. The zero-order valence-corrected chi connectivity index (χ0v) is 17.8. The topological polar surface area (TPSA) is 100 Å². The summed E-state index contributed by atoms with van der Waals surface area (Å²) in [6.45, 7) is 0.515. The van der Waals surface area contributed by atoms with Crippen molar-refractivity contribution in [2.24, 2.45) is 16.6 Å². The summed E-state index contributed by atoms with van der Waals surface area (Å²) in [5.41, 5.74) is 8.69. The Bertz CT molecular complexity index is 1120. The molecule has 2 aromatic heterocycles. The van der Waals surface area contributed by atoms with Crippen LogP contribution in [0.5, 0.6) is 0 Å². The molecule has 7 nitrogen and oxygen atoms in total. The summed E-state index contributed by atoms with van der Waals surface area (Å²) < 4.78 is 39.2. The molecule has 3 heterocycles. The van der Waals surface area contributed by atoms with Gasteiger partial charge in [-0.3, -0.25) is 0 Å². The van der Waals surface area contributed by atoms with Gasteiger partial charge in [0.15, 0.2) is 5.96 Å². The Labute approximate surface area is 186 Å². The molecule has 168 valence electrons. The van der Waals surface area contributed by atoms with Crippen molar-refractivity contribution in [1.29, 1.82) is 0 Å². The van der Waals surface area contributed by atoms with Crippen LogP contribution in [0.3, 0.4) is 0 Å². The first-order valence-corrected chi connectivity index (χ1v) is 10.9. The molecule has 0 spiro atoms. The van der Waals surface area contributed by atoms with Gasteiger partial charge in [0.05, 0.1) is 16.1 Å². The van der Waals surface area contributed by atoms with Crippen molar-refractivity contribution >= 4 is 39.0 Å².